The molecule has 6 aromatic heterocycles. The molecule has 9 aromatic rings. The number of hydrogen-bond donors (Lipinski definition) is 0. The third kappa shape index (κ3) is 6.32. The van der Waals surface area contributed by atoms with Gasteiger partial charge in [0.05, 0.1) is 50.3 Å². The van der Waals surface area contributed by atoms with Crippen LogP contribution in [-0.4, -0.2) is 60.5 Å². The Labute approximate surface area is 321 Å². The molecule has 0 unspecified atom stereocenters. The summed E-state index contributed by atoms with van der Waals surface area (Å²) in [6, 6.07) is 43.3. The lowest BCUT2D eigenvalue weighted by atomic mass is 10.1. The summed E-state index contributed by atoms with van der Waals surface area (Å²) < 4.78 is 19.9. The quantitative estimate of drug-likeness (QED) is 0.119. The van der Waals surface area contributed by atoms with Gasteiger partial charge >= 0.3 is 0 Å². The van der Waals surface area contributed by atoms with Gasteiger partial charge in [0.25, 0.3) is 11.9 Å². The molecule has 13 nitrogen and oxygen atoms in total. The minimum atomic E-state index is 0.350. The van der Waals surface area contributed by atoms with Crippen molar-refractivity contribution in [2.24, 2.45) is 0 Å². The molecule has 0 radical (unpaired) electrons. The number of fused-ring (bicyclic) bond motifs is 2. The van der Waals surface area contributed by atoms with E-state index in [-0.39, 0.29) is 0 Å². The Morgan fingerprint density at radius 3 is 1.48 bits per heavy atom. The van der Waals surface area contributed by atoms with E-state index >= 15 is 0 Å². The van der Waals surface area contributed by atoms with Crippen molar-refractivity contribution in [2.75, 3.05) is 31.3 Å². The molecule has 0 spiro atoms. The number of anilines is 4. The van der Waals surface area contributed by atoms with E-state index in [0.29, 0.717) is 34.8 Å². The van der Waals surface area contributed by atoms with Crippen LogP contribution in [0.25, 0.3) is 44.9 Å². The van der Waals surface area contributed by atoms with Gasteiger partial charge in [-0.2, -0.15) is 9.97 Å². The molecular weight excluding hydrogens is 705 g/mol. The molecule has 274 valence electrons. The van der Waals surface area contributed by atoms with Crippen molar-refractivity contribution in [3.63, 3.8) is 0 Å². The van der Waals surface area contributed by atoms with Crippen LogP contribution in [0.2, 0.25) is 0 Å². The van der Waals surface area contributed by atoms with Gasteiger partial charge in [-0.15, -0.1) is 10.2 Å². The zero-order chi connectivity index (χ0) is 38.0. The number of rotatable bonds is 11. The number of hydrogen-bond acceptors (Lipinski definition) is 11. The van der Waals surface area contributed by atoms with Gasteiger partial charge in [0.2, 0.25) is 5.88 Å². The SMILES string of the molecule is COc1ccc(-c2cccc3nc(N(c4ccc(-c5cccnc5)cc4)N(c4ccc(OC)nc4)c4nc5cccc(-c6ccc(OC)cc6)n5n4)nn23)cc1. The monoisotopic (exact) mass is 738 g/mol. The highest BCUT2D eigenvalue weighted by molar-refractivity contribution is 5.76. The van der Waals surface area contributed by atoms with Gasteiger partial charge < -0.3 is 14.2 Å². The van der Waals surface area contributed by atoms with Gasteiger partial charge in [-0.1, -0.05) is 30.3 Å². The van der Waals surface area contributed by atoms with E-state index in [4.69, 9.17) is 34.4 Å². The van der Waals surface area contributed by atoms with E-state index in [1.54, 1.807) is 39.8 Å². The first-order valence-corrected chi connectivity index (χ1v) is 17.7. The third-order valence-electron chi connectivity index (χ3n) is 9.33. The maximum absolute atomic E-state index is 5.45. The molecule has 0 aliphatic rings. The van der Waals surface area contributed by atoms with Crippen molar-refractivity contribution in [1.29, 1.82) is 0 Å². The first-order chi connectivity index (χ1) is 27.6. The summed E-state index contributed by atoms with van der Waals surface area (Å²) in [6.45, 7) is 0. The van der Waals surface area contributed by atoms with Gasteiger partial charge in [0.1, 0.15) is 11.5 Å². The van der Waals surface area contributed by atoms with E-state index in [9.17, 15) is 0 Å². The predicted molar refractivity (Wildman–Crippen MR) is 215 cm³/mol. The number of hydrazine groups is 1. The van der Waals surface area contributed by atoms with Gasteiger partial charge in [0, 0.05) is 29.6 Å². The highest BCUT2D eigenvalue weighted by Gasteiger charge is 2.29. The lowest BCUT2D eigenvalue weighted by molar-refractivity contribution is 0.398. The average Bonchev–Trinajstić information content (AvgIpc) is 3.91. The van der Waals surface area contributed by atoms with Crippen molar-refractivity contribution in [3.8, 4) is 51.0 Å². The summed E-state index contributed by atoms with van der Waals surface area (Å²) >= 11 is 0. The van der Waals surface area contributed by atoms with Crippen molar-refractivity contribution < 1.29 is 14.2 Å². The van der Waals surface area contributed by atoms with Crippen LogP contribution < -0.4 is 24.2 Å². The molecule has 9 rings (SSSR count). The van der Waals surface area contributed by atoms with Crippen molar-refractivity contribution in [3.05, 3.63) is 152 Å². The minimum Gasteiger partial charge on any atom is -0.497 e. The smallest absolute Gasteiger partial charge is 0.269 e. The van der Waals surface area contributed by atoms with Crippen LogP contribution in [0.4, 0.5) is 23.3 Å². The molecule has 0 bridgehead atoms. The number of ether oxygens (including phenoxy) is 3. The Morgan fingerprint density at radius 1 is 0.464 bits per heavy atom. The van der Waals surface area contributed by atoms with E-state index < -0.39 is 0 Å². The maximum Gasteiger partial charge on any atom is 0.269 e. The zero-order valence-electron chi connectivity index (χ0n) is 30.6. The van der Waals surface area contributed by atoms with E-state index in [0.717, 1.165) is 50.8 Å². The van der Waals surface area contributed by atoms with Gasteiger partial charge in [-0.25, -0.2) is 24.0 Å². The summed E-state index contributed by atoms with van der Waals surface area (Å²) in [5, 5.41) is 14.1. The Bertz CT molecular complexity index is 2750. The van der Waals surface area contributed by atoms with Crippen LogP contribution in [0.15, 0.2) is 152 Å². The summed E-state index contributed by atoms with van der Waals surface area (Å²) in [6.07, 6.45) is 5.31. The summed E-state index contributed by atoms with van der Waals surface area (Å²) in [5.74, 6) is 2.70. The molecule has 0 saturated heterocycles. The Hall–Kier alpha value is -7.80. The largest absolute Gasteiger partial charge is 0.497 e. The molecule has 3 aromatic carbocycles. The second-order valence-corrected chi connectivity index (χ2v) is 12.6. The molecule has 0 fully saturated rings. The molecule has 0 aliphatic heterocycles. The van der Waals surface area contributed by atoms with Crippen molar-refractivity contribution >= 4 is 34.6 Å². The average molecular weight is 739 g/mol. The normalized spacial score (nSPS) is 11.1. The first-order valence-electron chi connectivity index (χ1n) is 17.7. The number of aromatic nitrogens is 8. The van der Waals surface area contributed by atoms with Gasteiger partial charge in [-0.05, 0) is 108 Å². The molecule has 6 heterocycles. The fourth-order valence-corrected chi connectivity index (χ4v) is 6.52. The van der Waals surface area contributed by atoms with E-state index in [1.165, 1.54) is 0 Å². The van der Waals surface area contributed by atoms with Crippen molar-refractivity contribution in [2.45, 2.75) is 0 Å². The molecule has 13 heteroatoms. The van der Waals surface area contributed by atoms with Crippen LogP contribution in [0, 0.1) is 0 Å². The molecule has 56 heavy (non-hydrogen) atoms. The number of pyridine rings is 4. The second kappa shape index (κ2) is 14.6. The first kappa shape index (κ1) is 34.0. The van der Waals surface area contributed by atoms with Crippen LogP contribution in [0.1, 0.15) is 0 Å². The van der Waals surface area contributed by atoms with Crippen LogP contribution in [0.5, 0.6) is 17.4 Å². The van der Waals surface area contributed by atoms with E-state index in [2.05, 4.69) is 9.97 Å². The Balaban J connectivity index is 1.25. The highest BCUT2D eigenvalue weighted by Crippen LogP contribution is 2.37. The number of methoxy groups -OCH3 is 3. The molecule has 0 aliphatic carbocycles. The number of nitrogens with zero attached hydrogens (tertiary/aromatic N) is 10. The third-order valence-corrected chi connectivity index (χ3v) is 9.33. The summed E-state index contributed by atoms with van der Waals surface area (Å²) in [5.41, 5.74) is 8.24. The predicted octanol–water partition coefficient (Wildman–Crippen LogP) is 8.48. The fraction of sp³-hybridized carbons (Fsp3) is 0.0698. The molecule has 0 atom stereocenters. The topological polar surface area (TPSA) is 120 Å². The Morgan fingerprint density at radius 2 is 1.00 bits per heavy atom. The molecule has 0 saturated carbocycles. The number of benzene rings is 3. The summed E-state index contributed by atoms with van der Waals surface area (Å²) in [4.78, 5) is 19.1. The molecular formula is C43H34N10O3. The van der Waals surface area contributed by atoms with Gasteiger partial charge in [0.15, 0.2) is 11.3 Å². The Kier molecular flexibility index (Phi) is 8.84. The van der Waals surface area contributed by atoms with Crippen LogP contribution >= 0.6 is 0 Å². The fourth-order valence-electron chi connectivity index (χ4n) is 6.52. The highest BCUT2D eigenvalue weighted by atomic mass is 16.5. The lowest BCUT2D eigenvalue weighted by Crippen LogP contribution is -2.37. The lowest BCUT2D eigenvalue weighted by Gasteiger charge is -2.33. The van der Waals surface area contributed by atoms with Crippen LogP contribution in [0.3, 0.4) is 0 Å². The minimum absolute atomic E-state index is 0.350. The van der Waals surface area contributed by atoms with Gasteiger partial charge in [-0.3, -0.25) is 4.98 Å². The maximum atomic E-state index is 5.45. The standard InChI is InChI=1S/C43H34N10O3/c1-54-35-21-14-30(15-22-35)37-8-4-10-39-46-42(48-50(37)39)52(33-18-12-29(13-19-33)32-7-6-26-44-27-32)53(34-20-25-41(56-3)45-28-34)43-47-40-11-5-9-38(51(40)49-43)31-16-23-36(55-2)24-17-31/h4-28H,1-3H3. The molecule has 0 amide bonds. The molecule has 0 N–H and O–H groups in total. The van der Waals surface area contributed by atoms with Crippen LogP contribution in [-0.2, 0) is 0 Å². The zero-order valence-corrected chi connectivity index (χ0v) is 30.6. The summed E-state index contributed by atoms with van der Waals surface area (Å²) in [7, 11) is 4.89. The van der Waals surface area contributed by atoms with Crippen molar-refractivity contribution in [1.82, 2.24) is 39.2 Å². The second-order valence-electron chi connectivity index (χ2n) is 12.6. The van der Waals surface area contributed by atoms with E-state index in [1.807, 2.05) is 153 Å².